The van der Waals surface area contributed by atoms with Gasteiger partial charge < -0.3 is 8.85 Å². The van der Waals surface area contributed by atoms with Crippen molar-refractivity contribution >= 4 is 8.56 Å². The number of benzene rings is 1. The largest absolute Gasteiger partial charge is 0.416 e. The standard InChI is InChI=1S/C13H19F3O2Si/c1-4-19(17-2,18-3)10-9-11-5-7-12(8-6-11)13(14,15)16/h5-8H,4,9-10H2,1-3H3. The van der Waals surface area contributed by atoms with E-state index in [0.717, 1.165) is 29.8 Å². The van der Waals surface area contributed by atoms with Gasteiger partial charge in [-0.15, -0.1) is 0 Å². The van der Waals surface area contributed by atoms with Crippen LogP contribution in [0.3, 0.4) is 0 Å². The molecule has 0 unspecified atom stereocenters. The van der Waals surface area contributed by atoms with Crippen LogP contribution in [0.25, 0.3) is 0 Å². The molecule has 108 valence electrons. The minimum atomic E-state index is -4.28. The van der Waals surface area contributed by atoms with E-state index in [9.17, 15) is 13.2 Å². The average Bonchev–Trinajstić information content (AvgIpc) is 2.40. The van der Waals surface area contributed by atoms with Crippen molar-refractivity contribution < 1.29 is 22.0 Å². The van der Waals surface area contributed by atoms with Crippen LogP contribution in [0.2, 0.25) is 12.1 Å². The second-order valence-corrected chi connectivity index (χ2v) is 8.21. The van der Waals surface area contributed by atoms with E-state index < -0.39 is 20.3 Å². The first-order chi connectivity index (χ1) is 8.87. The van der Waals surface area contributed by atoms with Crippen molar-refractivity contribution in [1.29, 1.82) is 0 Å². The van der Waals surface area contributed by atoms with Gasteiger partial charge in [-0.25, -0.2) is 0 Å². The highest BCUT2D eigenvalue weighted by Gasteiger charge is 2.33. The third kappa shape index (κ3) is 4.33. The molecule has 1 rings (SSSR count). The molecule has 1 aromatic carbocycles. The summed E-state index contributed by atoms with van der Waals surface area (Å²) in [5, 5.41) is 0. The summed E-state index contributed by atoms with van der Waals surface area (Å²) in [7, 11) is 1.09. The molecule has 1 aromatic rings. The minimum absolute atomic E-state index is 0.617. The predicted octanol–water partition coefficient (Wildman–Crippen LogP) is 4.00. The fourth-order valence-corrected chi connectivity index (χ4v) is 4.12. The van der Waals surface area contributed by atoms with E-state index >= 15 is 0 Å². The molecule has 0 aromatic heterocycles. The van der Waals surface area contributed by atoms with Gasteiger partial charge in [0.2, 0.25) is 0 Å². The van der Waals surface area contributed by atoms with Gasteiger partial charge in [0.1, 0.15) is 0 Å². The third-order valence-corrected chi connectivity index (χ3v) is 6.94. The fourth-order valence-electron chi connectivity index (χ4n) is 1.95. The van der Waals surface area contributed by atoms with Crippen LogP contribution >= 0.6 is 0 Å². The molecular weight excluding hydrogens is 273 g/mol. The van der Waals surface area contributed by atoms with Crippen molar-refractivity contribution in [2.75, 3.05) is 14.2 Å². The van der Waals surface area contributed by atoms with Crippen LogP contribution in [0.5, 0.6) is 0 Å². The van der Waals surface area contributed by atoms with E-state index in [2.05, 4.69) is 0 Å². The normalized spacial score (nSPS) is 12.7. The van der Waals surface area contributed by atoms with Crippen LogP contribution in [-0.4, -0.2) is 22.8 Å². The van der Waals surface area contributed by atoms with Gasteiger partial charge in [-0.2, -0.15) is 13.2 Å². The summed E-state index contributed by atoms with van der Waals surface area (Å²) < 4.78 is 48.2. The molecule has 0 spiro atoms. The molecule has 0 aliphatic heterocycles. The van der Waals surface area contributed by atoms with Gasteiger partial charge in [0.25, 0.3) is 0 Å². The number of rotatable bonds is 6. The SMILES string of the molecule is CC[Si](CCc1ccc(C(F)(F)F)cc1)(OC)OC. The molecule has 0 amide bonds. The quantitative estimate of drug-likeness (QED) is 0.738. The zero-order chi connectivity index (χ0) is 14.5. The molecular formula is C13H19F3O2Si. The lowest BCUT2D eigenvalue weighted by molar-refractivity contribution is -0.137. The molecule has 0 aliphatic rings. The van der Waals surface area contributed by atoms with Crippen molar-refractivity contribution in [2.45, 2.75) is 31.6 Å². The number of hydrogen-bond donors (Lipinski definition) is 0. The maximum absolute atomic E-state index is 12.4. The second kappa shape index (κ2) is 6.54. The highest BCUT2D eigenvalue weighted by Crippen LogP contribution is 2.29. The number of halogens is 3. The molecule has 0 saturated heterocycles. The maximum atomic E-state index is 12.4. The highest BCUT2D eigenvalue weighted by atomic mass is 28.4. The Morgan fingerprint density at radius 2 is 1.58 bits per heavy atom. The summed E-state index contributed by atoms with van der Waals surface area (Å²) in [5.41, 5.74) is 0.251. The van der Waals surface area contributed by atoms with Crippen molar-refractivity contribution in [2.24, 2.45) is 0 Å². The highest BCUT2D eigenvalue weighted by molar-refractivity contribution is 6.67. The summed E-state index contributed by atoms with van der Waals surface area (Å²) in [4.78, 5) is 0. The smallest absolute Gasteiger partial charge is 0.398 e. The fraction of sp³-hybridized carbons (Fsp3) is 0.538. The molecule has 0 aliphatic carbocycles. The van der Waals surface area contributed by atoms with Gasteiger partial charge >= 0.3 is 14.7 Å². The van der Waals surface area contributed by atoms with Crippen molar-refractivity contribution in [1.82, 2.24) is 0 Å². The first-order valence-corrected chi connectivity index (χ1v) is 8.36. The van der Waals surface area contributed by atoms with Gasteiger partial charge in [-0.3, -0.25) is 0 Å². The Balaban J connectivity index is 2.69. The monoisotopic (exact) mass is 292 g/mol. The predicted molar refractivity (Wildman–Crippen MR) is 70.2 cm³/mol. The molecule has 0 saturated carbocycles. The van der Waals surface area contributed by atoms with Crippen LogP contribution in [0, 0.1) is 0 Å². The Kier molecular flexibility index (Phi) is 5.58. The molecule has 0 N–H and O–H groups in total. The summed E-state index contributed by atoms with van der Waals surface area (Å²) in [5.74, 6) is 0. The lowest BCUT2D eigenvalue weighted by atomic mass is 10.1. The molecule has 0 fully saturated rings. The Bertz CT molecular complexity index is 378. The maximum Gasteiger partial charge on any atom is 0.416 e. The zero-order valence-electron chi connectivity index (χ0n) is 11.4. The van der Waals surface area contributed by atoms with Gasteiger partial charge in [0.05, 0.1) is 5.56 Å². The van der Waals surface area contributed by atoms with Gasteiger partial charge in [-0.1, -0.05) is 19.1 Å². The van der Waals surface area contributed by atoms with Gasteiger partial charge in [0.15, 0.2) is 0 Å². The lowest BCUT2D eigenvalue weighted by Gasteiger charge is -2.26. The van der Waals surface area contributed by atoms with E-state index in [1.54, 1.807) is 14.2 Å². The minimum Gasteiger partial charge on any atom is -0.398 e. The summed E-state index contributed by atoms with van der Waals surface area (Å²) >= 11 is 0. The van der Waals surface area contributed by atoms with Crippen LogP contribution in [0.4, 0.5) is 13.2 Å². The lowest BCUT2D eigenvalue weighted by Crippen LogP contribution is -2.39. The van der Waals surface area contributed by atoms with Crippen LogP contribution in [0.1, 0.15) is 18.1 Å². The average molecular weight is 292 g/mol. The Labute approximate surface area is 112 Å². The molecule has 6 heteroatoms. The summed E-state index contributed by atoms with van der Waals surface area (Å²) in [6.45, 7) is 2.01. The molecule has 0 heterocycles. The second-order valence-electron chi connectivity index (χ2n) is 4.37. The van der Waals surface area contributed by atoms with Crippen molar-refractivity contribution in [3.05, 3.63) is 35.4 Å². The van der Waals surface area contributed by atoms with E-state index in [4.69, 9.17) is 8.85 Å². The number of hydrogen-bond acceptors (Lipinski definition) is 2. The molecule has 19 heavy (non-hydrogen) atoms. The molecule has 2 nitrogen and oxygen atoms in total. The van der Waals surface area contributed by atoms with Crippen LogP contribution in [0.15, 0.2) is 24.3 Å². The first-order valence-electron chi connectivity index (χ1n) is 6.13. The molecule has 0 bridgehead atoms. The molecule has 0 atom stereocenters. The van der Waals surface area contributed by atoms with E-state index in [-0.39, 0.29) is 0 Å². The van der Waals surface area contributed by atoms with E-state index in [1.165, 1.54) is 12.1 Å². The Hall–Kier alpha value is -0.853. The van der Waals surface area contributed by atoms with Crippen LogP contribution < -0.4 is 0 Å². The summed E-state index contributed by atoms with van der Waals surface area (Å²) in [6, 6.07) is 6.82. The van der Waals surface area contributed by atoms with E-state index in [0.29, 0.717) is 6.42 Å². The topological polar surface area (TPSA) is 18.5 Å². The van der Waals surface area contributed by atoms with Gasteiger partial charge in [-0.05, 0) is 36.2 Å². The van der Waals surface area contributed by atoms with Gasteiger partial charge in [0, 0.05) is 14.2 Å². The Morgan fingerprint density at radius 3 is 1.95 bits per heavy atom. The van der Waals surface area contributed by atoms with Crippen molar-refractivity contribution in [3.8, 4) is 0 Å². The number of alkyl halides is 3. The van der Waals surface area contributed by atoms with Crippen LogP contribution in [-0.2, 0) is 21.4 Å². The third-order valence-electron chi connectivity index (χ3n) is 3.36. The zero-order valence-corrected chi connectivity index (χ0v) is 12.4. The Morgan fingerprint density at radius 1 is 1.05 bits per heavy atom. The summed E-state index contributed by atoms with van der Waals surface area (Å²) in [6.07, 6.45) is -3.61. The van der Waals surface area contributed by atoms with E-state index in [1.807, 2.05) is 6.92 Å². The first kappa shape index (κ1) is 16.2. The number of aryl methyl sites for hydroxylation is 1. The van der Waals surface area contributed by atoms with Crippen molar-refractivity contribution in [3.63, 3.8) is 0 Å². The molecule has 0 radical (unpaired) electrons.